The van der Waals surface area contributed by atoms with E-state index in [-0.39, 0.29) is 0 Å². The number of aromatic nitrogens is 2. The van der Waals surface area contributed by atoms with E-state index in [9.17, 15) is 18.0 Å². The number of methoxy groups -OCH3 is 1. The number of carbonyl (C=O) groups excluding carboxylic acids is 1. The van der Waals surface area contributed by atoms with Crippen LogP contribution in [0.2, 0.25) is 0 Å². The van der Waals surface area contributed by atoms with Crippen molar-refractivity contribution in [1.82, 2.24) is 9.97 Å². The Bertz CT molecular complexity index is 351. The largest absolute Gasteiger partial charge is 0.464 e. The second-order valence-corrected chi connectivity index (χ2v) is 2.28. The number of esters is 1. The Labute approximate surface area is 76.7 Å². The predicted octanol–water partition coefficient (Wildman–Crippen LogP) is 1.28. The van der Waals surface area contributed by atoms with Gasteiger partial charge in [0.15, 0.2) is 5.69 Å². The molecule has 4 nitrogen and oxygen atoms in total. The van der Waals surface area contributed by atoms with E-state index >= 15 is 0 Å². The van der Waals surface area contributed by atoms with Gasteiger partial charge in [0.2, 0.25) is 0 Å². The highest BCUT2D eigenvalue weighted by atomic mass is 19.4. The molecule has 1 aromatic rings. The number of carbonyl (C=O) groups is 1. The van der Waals surface area contributed by atoms with Crippen molar-refractivity contribution in [1.29, 1.82) is 0 Å². The maximum atomic E-state index is 12.1. The molecule has 0 fully saturated rings. The van der Waals surface area contributed by atoms with Crippen LogP contribution in [0.5, 0.6) is 0 Å². The van der Waals surface area contributed by atoms with Crippen LogP contribution in [0.1, 0.15) is 16.2 Å². The normalized spacial score (nSPS) is 11.1. The van der Waals surface area contributed by atoms with Crippen molar-refractivity contribution in [2.24, 2.45) is 0 Å². The Morgan fingerprint density at radius 1 is 1.43 bits per heavy atom. The zero-order valence-electron chi connectivity index (χ0n) is 7.00. The lowest BCUT2D eigenvalue weighted by Gasteiger charge is -2.05. The van der Waals surface area contributed by atoms with Crippen LogP contribution >= 0.6 is 0 Å². The number of nitrogens with zero attached hydrogens (tertiary/aromatic N) is 2. The Morgan fingerprint density at radius 3 is 2.57 bits per heavy atom. The highest BCUT2D eigenvalue weighted by molar-refractivity contribution is 5.87. The van der Waals surface area contributed by atoms with Gasteiger partial charge < -0.3 is 4.74 Å². The zero-order valence-corrected chi connectivity index (χ0v) is 7.00. The molecule has 0 saturated carbocycles. The highest BCUT2D eigenvalue weighted by Crippen LogP contribution is 2.27. The Balaban J connectivity index is 3.08. The molecule has 7 heteroatoms. The zero-order chi connectivity index (χ0) is 10.8. The van der Waals surface area contributed by atoms with Crippen molar-refractivity contribution >= 4 is 5.97 Å². The van der Waals surface area contributed by atoms with Crippen molar-refractivity contribution in [2.45, 2.75) is 6.18 Å². The molecule has 0 bridgehead atoms. The van der Waals surface area contributed by atoms with Crippen LogP contribution in [0.15, 0.2) is 12.4 Å². The number of hydrogen-bond donors (Lipinski definition) is 0. The van der Waals surface area contributed by atoms with Gasteiger partial charge in [0, 0.05) is 6.07 Å². The van der Waals surface area contributed by atoms with Crippen LogP contribution in [0.4, 0.5) is 13.2 Å². The molecule has 0 unspecified atom stereocenters. The second-order valence-electron chi connectivity index (χ2n) is 2.28. The minimum absolute atomic E-state index is 0.421. The summed E-state index contributed by atoms with van der Waals surface area (Å²) in [5, 5.41) is 0. The number of halogens is 3. The fraction of sp³-hybridized carbons (Fsp3) is 0.286. The molecule has 0 atom stereocenters. The fourth-order valence-electron chi connectivity index (χ4n) is 0.729. The van der Waals surface area contributed by atoms with Crippen LogP contribution in [-0.2, 0) is 10.9 Å². The smallest absolute Gasteiger partial charge is 0.433 e. The van der Waals surface area contributed by atoms with Gasteiger partial charge >= 0.3 is 12.1 Å². The summed E-state index contributed by atoms with van der Waals surface area (Å²) in [6, 6.07) is 0.534. The molecule has 0 spiro atoms. The van der Waals surface area contributed by atoms with E-state index in [0.717, 1.165) is 7.11 Å². The third-order valence-electron chi connectivity index (χ3n) is 1.35. The first-order chi connectivity index (χ1) is 6.45. The number of rotatable bonds is 1. The van der Waals surface area contributed by atoms with E-state index in [4.69, 9.17) is 0 Å². The van der Waals surface area contributed by atoms with E-state index < -0.39 is 23.5 Å². The summed E-state index contributed by atoms with van der Waals surface area (Å²) >= 11 is 0. The lowest BCUT2D eigenvalue weighted by Crippen LogP contribution is -2.12. The molecule has 0 N–H and O–H groups in total. The third-order valence-corrected chi connectivity index (χ3v) is 1.35. The maximum Gasteiger partial charge on any atom is 0.433 e. The molecular weight excluding hydrogens is 201 g/mol. The third kappa shape index (κ3) is 2.18. The van der Waals surface area contributed by atoms with Gasteiger partial charge in [0.25, 0.3) is 0 Å². The van der Waals surface area contributed by atoms with E-state index in [2.05, 4.69) is 14.7 Å². The van der Waals surface area contributed by atoms with Gasteiger partial charge in [0.1, 0.15) is 12.0 Å². The summed E-state index contributed by atoms with van der Waals surface area (Å²) in [7, 11) is 1.05. The summed E-state index contributed by atoms with van der Waals surface area (Å²) in [5.41, 5.74) is -1.59. The lowest BCUT2D eigenvalue weighted by atomic mass is 10.3. The molecule has 0 radical (unpaired) electrons. The monoisotopic (exact) mass is 206 g/mol. The van der Waals surface area contributed by atoms with E-state index in [1.54, 1.807) is 0 Å². The van der Waals surface area contributed by atoms with Crippen molar-refractivity contribution in [3.05, 3.63) is 23.8 Å². The predicted molar refractivity (Wildman–Crippen MR) is 38.4 cm³/mol. The van der Waals surface area contributed by atoms with Gasteiger partial charge in [-0.3, -0.25) is 0 Å². The molecule has 1 aromatic heterocycles. The first-order valence-electron chi connectivity index (χ1n) is 3.42. The highest BCUT2D eigenvalue weighted by Gasteiger charge is 2.33. The summed E-state index contributed by atoms with van der Waals surface area (Å²) in [6.07, 6.45) is -3.93. The molecule has 0 aliphatic rings. The van der Waals surface area contributed by atoms with Crippen molar-refractivity contribution < 1.29 is 22.7 Å². The molecule has 0 aliphatic heterocycles. The minimum atomic E-state index is -4.59. The SMILES string of the molecule is COC(=O)c1cc(C(F)(F)F)ncn1. The van der Waals surface area contributed by atoms with Gasteiger partial charge in [-0.2, -0.15) is 13.2 Å². The van der Waals surface area contributed by atoms with Gasteiger partial charge in [-0.1, -0.05) is 0 Å². The molecule has 1 rings (SSSR count). The van der Waals surface area contributed by atoms with E-state index in [0.29, 0.717) is 12.4 Å². The van der Waals surface area contributed by atoms with Crippen LogP contribution in [-0.4, -0.2) is 23.0 Å². The molecular formula is C7H5F3N2O2. The van der Waals surface area contributed by atoms with Gasteiger partial charge in [-0.25, -0.2) is 14.8 Å². The first-order valence-corrected chi connectivity index (χ1v) is 3.42. The summed E-state index contributed by atoms with van der Waals surface area (Å²) in [6.45, 7) is 0. The summed E-state index contributed by atoms with van der Waals surface area (Å²) in [5.74, 6) is -0.933. The van der Waals surface area contributed by atoms with Crippen LogP contribution < -0.4 is 0 Å². The average Bonchev–Trinajstić information content (AvgIpc) is 2.15. The quantitative estimate of drug-likeness (QED) is 0.649. The number of alkyl halides is 3. The number of hydrogen-bond acceptors (Lipinski definition) is 4. The molecule has 14 heavy (non-hydrogen) atoms. The molecule has 0 saturated heterocycles. The Kier molecular flexibility index (Phi) is 2.68. The van der Waals surface area contributed by atoms with Crippen LogP contribution in [0, 0.1) is 0 Å². The van der Waals surface area contributed by atoms with Crippen molar-refractivity contribution in [3.8, 4) is 0 Å². The van der Waals surface area contributed by atoms with Crippen molar-refractivity contribution in [3.63, 3.8) is 0 Å². The topological polar surface area (TPSA) is 52.1 Å². The summed E-state index contributed by atoms with van der Waals surface area (Å²) < 4.78 is 40.5. The molecule has 0 aromatic carbocycles. The Hall–Kier alpha value is -1.66. The maximum absolute atomic E-state index is 12.1. The molecule has 0 aliphatic carbocycles. The fourth-order valence-corrected chi connectivity index (χ4v) is 0.729. The van der Waals surface area contributed by atoms with Crippen LogP contribution in [0.3, 0.4) is 0 Å². The van der Waals surface area contributed by atoms with E-state index in [1.807, 2.05) is 0 Å². The number of ether oxygens (including phenoxy) is 1. The molecule has 0 amide bonds. The standard InChI is InChI=1S/C7H5F3N2O2/c1-14-6(13)4-2-5(7(8,9)10)12-3-11-4/h2-3H,1H3. The van der Waals surface area contributed by atoms with Gasteiger partial charge in [0.05, 0.1) is 7.11 Å². The lowest BCUT2D eigenvalue weighted by molar-refractivity contribution is -0.141. The summed E-state index contributed by atoms with van der Waals surface area (Å²) in [4.78, 5) is 17.1. The minimum Gasteiger partial charge on any atom is -0.464 e. The van der Waals surface area contributed by atoms with Gasteiger partial charge in [-0.15, -0.1) is 0 Å². The van der Waals surface area contributed by atoms with Gasteiger partial charge in [-0.05, 0) is 0 Å². The molecule has 76 valence electrons. The second kappa shape index (κ2) is 3.60. The first kappa shape index (κ1) is 10.4. The Morgan fingerprint density at radius 2 is 2.07 bits per heavy atom. The van der Waals surface area contributed by atoms with E-state index in [1.165, 1.54) is 0 Å². The molecule has 1 heterocycles. The van der Waals surface area contributed by atoms with Crippen LogP contribution in [0.25, 0.3) is 0 Å². The average molecular weight is 206 g/mol. The van der Waals surface area contributed by atoms with Crippen molar-refractivity contribution in [2.75, 3.05) is 7.11 Å².